The molecule has 1 unspecified atom stereocenters. The third-order valence-corrected chi connectivity index (χ3v) is 9.25. The summed E-state index contributed by atoms with van der Waals surface area (Å²) in [4.78, 5) is 63.4. The maximum Gasteiger partial charge on any atom is 0.470 e. The fraction of sp³-hybridized carbons (Fsp3) is 0.467. The van der Waals surface area contributed by atoms with Crippen molar-refractivity contribution in [3.63, 3.8) is 0 Å². The number of hydrogen-bond donors (Lipinski definition) is 5. The number of aromatic nitrogens is 2. The number of carboxylic acid groups (broad SMARTS) is 1. The SMILES string of the molecule is CC(O)NC[C@H]1CN(c2ccc(OCC3(OP(=O)(O)O)CCN(c4nc5c(cc4F)c(=O)c(C(=O)O)cn5C4CC4)CC3)c(F)c2)C(=O)O1. The Morgan fingerprint density at radius 1 is 1.18 bits per heavy atom. The van der Waals surface area contributed by atoms with Crippen LogP contribution in [0.5, 0.6) is 5.75 Å². The molecule has 264 valence electrons. The summed E-state index contributed by atoms with van der Waals surface area (Å²) in [5.41, 5.74) is -2.68. The van der Waals surface area contributed by atoms with Crippen molar-refractivity contribution in [1.82, 2.24) is 14.9 Å². The van der Waals surface area contributed by atoms with Crippen LogP contribution in [0.25, 0.3) is 11.0 Å². The van der Waals surface area contributed by atoms with E-state index in [0.29, 0.717) is 0 Å². The predicted octanol–water partition coefficient (Wildman–Crippen LogP) is 2.49. The van der Waals surface area contributed by atoms with Gasteiger partial charge in [0.25, 0.3) is 0 Å². The number of hydrogen-bond acceptors (Lipinski definition) is 11. The van der Waals surface area contributed by atoms with Gasteiger partial charge in [0, 0.05) is 37.9 Å². The quantitative estimate of drug-likeness (QED) is 0.135. The molecule has 1 aliphatic carbocycles. The molecule has 2 atom stereocenters. The van der Waals surface area contributed by atoms with E-state index >= 15 is 8.78 Å². The van der Waals surface area contributed by atoms with Crippen LogP contribution in [0.1, 0.15) is 49.0 Å². The first-order valence-electron chi connectivity index (χ1n) is 15.4. The van der Waals surface area contributed by atoms with Crippen molar-refractivity contribution in [2.75, 3.05) is 42.6 Å². The van der Waals surface area contributed by atoms with E-state index in [1.165, 1.54) is 35.1 Å². The lowest BCUT2D eigenvalue weighted by Crippen LogP contribution is -2.49. The topological polar surface area (TPSA) is 213 Å². The van der Waals surface area contributed by atoms with Crippen LogP contribution in [0, 0.1) is 11.6 Å². The van der Waals surface area contributed by atoms with Crippen LogP contribution in [-0.4, -0.2) is 92.3 Å². The molecule has 1 saturated carbocycles. The molecule has 2 saturated heterocycles. The standard InChI is InChI=1S/C30H34F2N5O11P/c1-16(38)33-12-19-13-37(29(42)47-19)18-4-5-24(22(31)10-18)46-15-30(48-49(43,44)45)6-8-35(9-7-30)27-23(32)11-20-25(39)21(28(40)41)14-36(17-2-3-17)26(20)34-27/h4-5,10-11,14,16-17,19,33,38H,2-3,6-9,12-13,15H2,1H3,(H,40,41)(H2,43,44,45)/t16?,19-/m0/s1. The predicted molar refractivity (Wildman–Crippen MR) is 168 cm³/mol. The highest BCUT2D eigenvalue weighted by molar-refractivity contribution is 7.46. The molecule has 19 heteroatoms. The highest BCUT2D eigenvalue weighted by Crippen LogP contribution is 2.46. The Morgan fingerprint density at radius 2 is 1.90 bits per heavy atom. The molecule has 3 aromatic rings. The van der Waals surface area contributed by atoms with Crippen molar-refractivity contribution in [3.8, 4) is 5.75 Å². The van der Waals surface area contributed by atoms with E-state index in [1.807, 2.05) is 0 Å². The summed E-state index contributed by atoms with van der Waals surface area (Å²) in [7, 11) is -5.09. The minimum Gasteiger partial charge on any atom is -0.487 e. The summed E-state index contributed by atoms with van der Waals surface area (Å²) in [5, 5.41) is 21.4. The van der Waals surface area contributed by atoms with Crippen molar-refractivity contribution < 1.29 is 56.9 Å². The molecule has 0 spiro atoms. The number of nitrogens with zero attached hydrogens (tertiary/aromatic N) is 4. The third-order valence-electron chi connectivity index (χ3n) is 8.63. The zero-order valence-corrected chi connectivity index (χ0v) is 27.0. The van der Waals surface area contributed by atoms with Gasteiger partial charge in [0.1, 0.15) is 35.8 Å². The molecule has 0 bridgehead atoms. The lowest BCUT2D eigenvalue weighted by atomic mass is 9.92. The number of phosphoric ester groups is 1. The second-order valence-corrected chi connectivity index (χ2v) is 13.5. The van der Waals surface area contributed by atoms with Crippen LogP contribution in [0.3, 0.4) is 0 Å². The number of benzene rings is 1. The van der Waals surface area contributed by atoms with Crippen molar-refractivity contribution in [3.05, 3.63) is 57.9 Å². The highest BCUT2D eigenvalue weighted by atomic mass is 31.2. The monoisotopic (exact) mass is 709 g/mol. The molecule has 1 amide bonds. The Morgan fingerprint density at radius 3 is 2.51 bits per heavy atom. The van der Waals surface area contributed by atoms with Gasteiger partial charge in [0.15, 0.2) is 23.2 Å². The van der Waals surface area contributed by atoms with Crippen LogP contribution in [0.15, 0.2) is 35.3 Å². The molecular weight excluding hydrogens is 675 g/mol. The van der Waals surface area contributed by atoms with Gasteiger partial charge < -0.3 is 38.9 Å². The van der Waals surface area contributed by atoms with Gasteiger partial charge in [-0.25, -0.2) is 27.9 Å². The van der Waals surface area contributed by atoms with Crippen molar-refractivity contribution in [2.24, 2.45) is 0 Å². The Hall–Kier alpha value is -4.19. The maximum atomic E-state index is 15.4. The number of phosphoric acid groups is 1. The number of carboxylic acids is 1. The molecule has 2 aromatic heterocycles. The van der Waals surface area contributed by atoms with Crippen molar-refractivity contribution in [2.45, 2.75) is 56.6 Å². The van der Waals surface area contributed by atoms with Crippen LogP contribution >= 0.6 is 7.82 Å². The first kappa shape index (κ1) is 34.7. The summed E-state index contributed by atoms with van der Waals surface area (Å²) in [6.45, 7) is 1.25. The molecule has 3 aliphatic rings. The van der Waals surface area contributed by atoms with Crippen LogP contribution in [0.4, 0.5) is 25.1 Å². The highest BCUT2D eigenvalue weighted by Gasteiger charge is 2.43. The van der Waals surface area contributed by atoms with Crippen LogP contribution in [0.2, 0.25) is 0 Å². The average molecular weight is 710 g/mol. The number of amides is 1. The summed E-state index contributed by atoms with van der Waals surface area (Å²) in [6.07, 6.45) is 0.363. The Kier molecular flexibility index (Phi) is 9.38. The number of nitrogens with one attached hydrogen (secondary N) is 1. The fourth-order valence-electron chi connectivity index (χ4n) is 6.01. The summed E-state index contributed by atoms with van der Waals surface area (Å²) < 4.78 is 60.3. The smallest absolute Gasteiger partial charge is 0.470 e. The lowest BCUT2D eigenvalue weighted by Gasteiger charge is -2.41. The first-order valence-corrected chi connectivity index (χ1v) is 17.0. The van der Waals surface area contributed by atoms with Gasteiger partial charge in [-0.15, -0.1) is 0 Å². The number of carbonyl (C=O) groups excluding carboxylic acids is 1. The van der Waals surface area contributed by atoms with E-state index in [4.69, 9.17) is 14.0 Å². The Balaban J connectivity index is 1.18. The number of aliphatic hydroxyl groups is 1. The van der Waals surface area contributed by atoms with Crippen LogP contribution in [-0.2, 0) is 13.8 Å². The van der Waals surface area contributed by atoms with Gasteiger partial charge in [-0.3, -0.25) is 19.5 Å². The molecule has 0 radical (unpaired) electrons. The molecule has 1 aromatic carbocycles. The van der Waals surface area contributed by atoms with E-state index < -0.39 is 67.1 Å². The number of anilines is 2. The number of aliphatic hydroxyl groups excluding tert-OH is 1. The van der Waals surface area contributed by atoms with Gasteiger partial charge in [0.05, 0.1) is 17.6 Å². The number of aromatic carboxylic acids is 1. The van der Waals surface area contributed by atoms with E-state index in [1.54, 1.807) is 4.57 Å². The summed E-state index contributed by atoms with van der Waals surface area (Å²) in [6, 6.07) is 4.57. The van der Waals surface area contributed by atoms with Gasteiger partial charge in [-0.1, -0.05) is 0 Å². The maximum absolute atomic E-state index is 15.4. The van der Waals surface area contributed by atoms with Gasteiger partial charge >= 0.3 is 19.9 Å². The molecule has 49 heavy (non-hydrogen) atoms. The summed E-state index contributed by atoms with van der Waals surface area (Å²) in [5.74, 6) is -3.60. The van der Waals surface area contributed by atoms with E-state index in [9.17, 15) is 38.9 Å². The Labute approximate surface area is 277 Å². The number of rotatable bonds is 12. The lowest BCUT2D eigenvalue weighted by molar-refractivity contribution is -0.0232. The third kappa shape index (κ3) is 7.54. The van der Waals surface area contributed by atoms with E-state index in [0.717, 1.165) is 25.0 Å². The molecule has 5 N–H and O–H groups in total. The number of carbonyl (C=O) groups is 2. The molecule has 2 aliphatic heterocycles. The molecule has 16 nitrogen and oxygen atoms in total. The number of piperidine rings is 1. The Bertz CT molecular complexity index is 1890. The van der Waals surface area contributed by atoms with Crippen molar-refractivity contribution >= 4 is 42.4 Å². The van der Waals surface area contributed by atoms with E-state index in [2.05, 4.69) is 10.3 Å². The van der Waals surface area contributed by atoms with E-state index in [-0.39, 0.29) is 73.4 Å². The minimum absolute atomic E-state index is 0.0246. The number of cyclic esters (lactones) is 1. The number of halogens is 2. The van der Waals surface area contributed by atoms with Gasteiger partial charge in [0.2, 0.25) is 5.43 Å². The second kappa shape index (κ2) is 13.3. The average Bonchev–Trinajstić information content (AvgIpc) is 3.80. The largest absolute Gasteiger partial charge is 0.487 e. The van der Waals surface area contributed by atoms with Crippen molar-refractivity contribution in [1.29, 1.82) is 0 Å². The number of fused-ring (bicyclic) bond motifs is 1. The molecule has 4 heterocycles. The number of ether oxygens (including phenoxy) is 2. The molecule has 3 fully saturated rings. The normalized spacial score (nSPS) is 20.0. The second-order valence-electron chi connectivity index (χ2n) is 12.3. The zero-order chi connectivity index (χ0) is 35.2. The number of pyridine rings is 2. The first-order chi connectivity index (χ1) is 23.1. The zero-order valence-electron chi connectivity index (χ0n) is 26.1. The van der Waals surface area contributed by atoms with Crippen LogP contribution < -0.4 is 25.3 Å². The fourth-order valence-corrected chi connectivity index (χ4v) is 6.75. The van der Waals surface area contributed by atoms with Gasteiger partial charge in [-0.2, -0.15) is 0 Å². The molecule has 6 rings (SSSR count). The summed E-state index contributed by atoms with van der Waals surface area (Å²) >= 11 is 0. The molecular formula is C30H34F2N5O11P. The van der Waals surface area contributed by atoms with Gasteiger partial charge in [-0.05, 0) is 50.8 Å². The minimum atomic E-state index is -5.09.